The molecule has 2 atom stereocenters. The molecule has 10 heteroatoms. The average Bonchev–Trinajstić information content (AvgIpc) is 3.49. The lowest BCUT2D eigenvalue weighted by molar-refractivity contribution is -0.0112. The minimum Gasteiger partial charge on any atom is -0.382 e. The number of hydrogen-bond acceptors (Lipinski definition) is 6. The van der Waals surface area contributed by atoms with Crippen molar-refractivity contribution in [2.45, 2.75) is 38.6 Å². The molecule has 8 nitrogen and oxygen atoms in total. The van der Waals surface area contributed by atoms with Gasteiger partial charge in [-0.05, 0) is 18.6 Å². The molecule has 0 saturated heterocycles. The molecule has 0 aliphatic heterocycles. The summed E-state index contributed by atoms with van der Waals surface area (Å²) < 4.78 is 36.8. The second-order valence-electron chi connectivity index (χ2n) is 7.73. The largest absolute Gasteiger partial charge is 0.382 e. The van der Waals surface area contributed by atoms with E-state index in [9.17, 15) is 13.9 Å². The van der Waals surface area contributed by atoms with Crippen molar-refractivity contribution in [3.8, 4) is 11.3 Å². The first-order valence-electron chi connectivity index (χ1n) is 10.5. The predicted octanol–water partition coefficient (Wildman–Crippen LogP) is 3.50. The van der Waals surface area contributed by atoms with Gasteiger partial charge in [0.2, 0.25) is 0 Å². The number of nitrogens with zero attached hydrogens (tertiary/aromatic N) is 6. The molecule has 172 valence electrons. The molecule has 0 radical (unpaired) electrons. The molecular formula is C23H24F2N6O2. The second kappa shape index (κ2) is 9.55. The molecule has 2 aromatic carbocycles. The Labute approximate surface area is 189 Å². The van der Waals surface area contributed by atoms with Gasteiger partial charge in [0, 0.05) is 29.7 Å². The van der Waals surface area contributed by atoms with E-state index in [1.54, 1.807) is 17.8 Å². The molecule has 0 aliphatic carbocycles. The Kier molecular flexibility index (Phi) is 6.57. The van der Waals surface area contributed by atoms with Crippen molar-refractivity contribution in [2.24, 2.45) is 0 Å². The molecule has 1 N–H and O–H groups in total. The van der Waals surface area contributed by atoms with Gasteiger partial charge < -0.3 is 9.84 Å². The van der Waals surface area contributed by atoms with Gasteiger partial charge in [-0.25, -0.2) is 23.1 Å². The van der Waals surface area contributed by atoms with Gasteiger partial charge in [0.05, 0.1) is 18.4 Å². The Balaban J connectivity index is 1.68. The molecular weight excluding hydrogens is 430 g/mol. The summed E-state index contributed by atoms with van der Waals surface area (Å²) in [5.41, 5.74) is 0.670. The summed E-state index contributed by atoms with van der Waals surface area (Å²) in [6.45, 7) is 4.46. The topological polar surface area (TPSA) is 90.9 Å². The maximum absolute atomic E-state index is 14.8. The lowest BCUT2D eigenvalue weighted by Gasteiger charge is -2.35. The highest BCUT2D eigenvalue weighted by molar-refractivity contribution is 5.59. The Morgan fingerprint density at radius 2 is 1.94 bits per heavy atom. The third kappa shape index (κ3) is 4.67. The van der Waals surface area contributed by atoms with Crippen LogP contribution < -0.4 is 0 Å². The van der Waals surface area contributed by atoms with Gasteiger partial charge in [-0.15, -0.1) is 5.10 Å². The molecule has 4 aromatic rings. The van der Waals surface area contributed by atoms with Crippen LogP contribution in [0.5, 0.6) is 0 Å². The highest BCUT2D eigenvalue weighted by Crippen LogP contribution is 2.40. The standard InChI is InChI=1S/C23H24F2N6O2/c1-3-33-15-31-22(11-27-29-31)18-6-4-17(5-7-18)16(2)23(32,12-30-14-26-13-28-30)20-9-8-19(24)10-21(20)25/h4-11,13-14,16,32H,3,12,15H2,1-2H3/t16-,23+/m0/s1. The van der Waals surface area contributed by atoms with Crippen molar-refractivity contribution in [2.75, 3.05) is 6.61 Å². The van der Waals surface area contributed by atoms with Crippen LogP contribution in [-0.2, 0) is 23.6 Å². The highest BCUT2D eigenvalue weighted by atomic mass is 19.1. The molecule has 0 amide bonds. The van der Waals surface area contributed by atoms with Gasteiger partial charge in [-0.1, -0.05) is 42.5 Å². The van der Waals surface area contributed by atoms with E-state index in [1.807, 2.05) is 31.2 Å². The summed E-state index contributed by atoms with van der Waals surface area (Å²) in [5.74, 6) is -2.11. The Morgan fingerprint density at radius 1 is 1.15 bits per heavy atom. The zero-order valence-corrected chi connectivity index (χ0v) is 18.3. The van der Waals surface area contributed by atoms with Gasteiger partial charge >= 0.3 is 0 Å². The van der Waals surface area contributed by atoms with E-state index >= 15 is 0 Å². The van der Waals surface area contributed by atoms with E-state index in [-0.39, 0.29) is 18.8 Å². The van der Waals surface area contributed by atoms with Crippen LogP contribution in [-0.4, -0.2) is 41.5 Å². The van der Waals surface area contributed by atoms with Crippen LogP contribution in [0.1, 0.15) is 30.9 Å². The van der Waals surface area contributed by atoms with Crippen molar-refractivity contribution in [3.63, 3.8) is 0 Å². The van der Waals surface area contributed by atoms with Crippen molar-refractivity contribution in [3.05, 3.63) is 84.1 Å². The molecule has 0 saturated carbocycles. The smallest absolute Gasteiger partial charge is 0.141 e. The normalized spacial score (nSPS) is 14.2. The minimum atomic E-state index is -1.72. The summed E-state index contributed by atoms with van der Waals surface area (Å²) >= 11 is 0. The number of hydrogen-bond donors (Lipinski definition) is 1. The number of halogens is 2. The molecule has 0 bridgehead atoms. The fourth-order valence-electron chi connectivity index (χ4n) is 3.83. The summed E-state index contributed by atoms with van der Waals surface area (Å²) in [4.78, 5) is 3.90. The number of aromatic nitrogens is 6. The first-order chi connectivity index (χ1) is 15.9. The Morgan fingerprint density at radius 3 is 2.61 bits per heavy atom. The molecule has 0 unspecified atom stereocenters. The monoisotopic (exact) mass is 454 g/mol. The van der Waals surface area contributed by atoms with Crippen LogP contribution in [0.15, 0.2) is 61.3 Å². The quantitative estimate of drug-likeness (QED) is 0.416. The lowest BCUT2D eigenvalue weighted by Crippen LogP contribution is -2.38. The average molecular weight is 454 g/mol. The van der Waals surface area contributed by atoms with Crippen LogP contribution >= 0.6 is 0 Å². The molecule has 0 spiro atoms. The Hall–Kier alpha value is -3.50. The minimum absolute atomic E-state index is 0.0185. The van der Waals surface area contributed by atoms with Gasteiger partial charge in [0.1, 0.15) is 36.6 Å². The third-order valence-electron chi connectivity index (χ3n) is 5.73. The summed E-state index contributed by atoms with van der Waals surface area (Å²) in [5, 5.41) is 23.8. The van der Waals surface area contributed by atoms with Crippen molar-refractivity contribution in [1.29, 1.82) is 0 Å². The summed E-state index contributed by atoms with van der Waals surface area (Å²) in [6, 6.07) is 10.6. The van der Waals surface area contributed by atoms with Gasteiger partial charge in [-0.3, -0.25) is 0 Å². The van der Waals surface area contributed by atoms with E-state index in [1.165, 1.54) is 23.4 Å². The SMILES string of the molecule is CCOCn1nncc1-c1ccc([C@H](C)[C@](O)(Cn2cncn2)c2ccc(F)cc2F)cc1. The molecule has 33 heavy (non-hydrogen) atoms. The number of aliphatic hydroxyl groups is 1. The number of rotatable bonds is 9. The van der Waals surface area contributed by atoms with Crippen molar-refractivity contribution >= 4 is 0 Å². The van der Waals surface area contributed by atoms with E-state index < -0.39 is 23.2 Å². The van der Waals surface area contributed by atoms with E-state index in [2.05, 4.69) is 20.4 Å². The zero-order valence-electron chi connectivity index (χ0n) is 18.3. The molecule has 4 rings (SSSR count). The first kappa shape index (κ1) is 22.7. The maximum Gasteiger partial charge on any atom is 0.141 e. The van der Waals surface area contributed by atoms with Crippen LogP contribution in [0, 0.1) is 11.6 Å². The molecule has 0 fully saturated rings. The first-order valence-corrected chi connectivity index (χ1v) is 10.5. The number of benzene rings is 2. The fraction of sp³-hybridized carbons (Fsp3) is 0.304. The van der Waals surface area contributed by atoms with E-state index in [0.717, 1.165) is 29.0 Å². The summed E-state index contributed by atoms with van der Waals surface area (Å²) in [7, 11) is 0. The maximum atomic E-state index is 14.8. The van der Waals surface area contributed by atoms with E-state index in [0.29, 0.717) is 6.61 Å². The summed E-state index contributed by atoms with van der Waals surface area (Å²) in [6.07, 6.45) is 4.42. The van der Waals surface area contributed by atoms with Crippen molar-refractivity contribution in [1.82, 2.24) is 29.8 Å². The molecule has 0 aliphatic rings. The fourth-order valence-corrected chi connectivity index (χ4v) is 3.83. The van der Waals surface area contributed by atoms with E-state index in [4.69, 9.17) is 4.74 Å². The lowest BCUT2D eigenvalue weighted by atomic mass is 9.77. The molecule has 2 aromatic heterocycles. The van der Waals surface area contributed by atoms with Crippen LogP contribution in [0.25, 0.3) is 11.3 Å². The van der Waals surface area contributed by atoms with Gasteiger partial charge in [-0.2, -0.15) is 5.10 Å². The van der Waals surface area contributed by atoms with Crippen LogP contribution in [0.3, 0.4) is 0 Å². The predicted molar refractivity (Wildman–Crippen MR) is 116 cm³/mol. The van der Waals surface area contributed by atoms with Gasteiger partial charge in [0.15, 0.2) is 0 Å². The van der Waals surface area contributed by atoms with Crippen molar-refractivity contribution < 1.29 is 18.6 Å². The highest BCUT2D eigenvalue weighted by Gasteiger charge is 2.40. The van der Waals surface area contributed by atoms with Gasteiger partial charge in [0.25, 0.3) is 0 Å². The Bertz CT molecular complexity index is 1200. The van der Waals surface area contributed by atoms with Crippen LogP contribution in [0.4, 0.5) is 8.78 Å². The molecule has 2 heterocycles. The number of ether oxygens (including phenoxy) is 1. The van der Waals surface area contributed by atoms with Crippen LogP contribution in [0.2, 0.25) is 0 Å². The second-order valence-corrected chi connectivity index (χ2v) is 7.73. The third-order valence-corrected chi connectivity index (χ3v) is 5.73. The zero-order chi connectivity index (χ0) is 23.4.